The fourth-order valence-corrected chi connectivity index (χ4v) is 1.87. The number of anilines is 1. The molecular formula is C9H8N2O5S. The molecule has 0 unspecified atom stereocenters. The van der Waals surface area contributed by atoms with Gasteiger partial charge >= 0.3 is 5.91 Å². The number of nitrogens with one attached hydrogen (secondary N) is 1. The number of hydrogen-bond donors (Lipinski definition) is 2. The van der Waals surface area contributed by atoms with Gasteiger partial charge in [0.15, 0.2) is 0 Å². The molecule has 2 N–H and O–H groups in total. The molecule has 90 valence electrons. The van der Waals surface area contributed by atoms with Crippen LogP contribution in [-0.4, -0.2) is 31.2 Å². The zero-order chi connectivity index (χ0) is 12.6. The summed E-state index contributed by atoms with van der Waals surface area (Å²) in [6, 6.07) is 5.11. The van der Waals surface area contributed by atoms with Gasteiger partial charge in [0.1, 0.15) is 6.54 Å². The number of hydrazine groups is 1. The van der Waals surface area contributed by atoms with Gasteiger partial charge in [-0.2, -0.15) is 8.42 Å². The zero-order valence-corrected chi connectivity index (χ0v) is 9.27. The van der Waals surface area contributed by atoms with Crippen LogP contribution in [0.1, 0.15) is 0 Å². The van der Waals surface area contributed by atoms with Gasteiger partial charge in [-0.05, 0) is 24.3 Å². The Balaban J connectivity index is 2.25. The van der Waals surface area contributed by atoms with Gasteiger partial charge in [0.05, 0.1) is 10.6 Å². The fourth-order valence-electron chi connectivity index (χ4n) is 1.39. The molecule has 1 heterocycles. The molecule has 0 radical (unpaired) electrons. The SMILES string of the molecule is O=C1CN(c2ccc(S(=O)(=O)O)cc2)NC1=O. The van der Waals surface area contributed by atoms with Crippen molar-refractivity contribution in [1.82, 2.24) is 5.43 Å². The van der Waals surface area contributed by atoms with Crippen molar-refractivity contribution in [2.24, 2.45) is 0 Å². The van der Waals surface area contributed by atoms with E-state index in [0.29, 0.717) is 5.69 Å². The summed E-state index contributed by atoms with van der Waals surface area (Å²) in [5.74, 6) is -1.27. The Bertz CT molecular complexity index is 562. The topological polar surface area (TPSA) is 104 Å². The third-order valence-corrected chi connectivity index (χ3v) is 3.11. The van der Waals surface area contributed by atoms with Crippen molar-refractivity contribution in [3.63, 3.8) is 0 Å². The van der Waals surface area contributed by atoms with Gasteiger partial charge in [-0.1, -0.05) is 0 Å². The minimum atomic E-state index is -4.24. The molecule has 17 heavy (non-hydrogen) atoms. The summed E-state index contributed by atoms with van der Waals surface area (Å²) in [6.45, 7) is -0.107. The second kappa shape index (κ2) is 3.82. The van der Waals surface area contributed by atoms with E-state index in [0.717, 1.165) is 0 Å². The van der Waals surface area contributed by atoms with Crippen LogP contribution < -0.4 is 10.4 Å². The molecule has 0 bridgehead atoms. The molecule has 1 amide bonds. The van der Waals surface area contributed by atoms with Crippen molar-refractivity contribution in [3.05, 3.63) is 24.3 Å². The molecule has 1 aliphatic rings. The molecule has 8 heteroatoms. The maximum Gasteiger partial charge on any atom is 0.307 e. The Morgan fingerprint density at radius 3 is 2.18 bits per heavy atom. The maximum atomic E-state index is 11.0. The minimum absolute atomic E-state index is 0.107. The Kier molecular flexibility index (Phi) is 2.60. The maximum absolute atomic E-state index is 11.0. The number of nitrogens with zero attached hydrogens (tertiary/aromatic N) is 1. The standard InChI is InChI=1S/C9H8N2O5S/c12-8-5-11(10-9(8)13)6-1-3-7(4-2-6)17(14,15)16/h1-4H,5H2,(H,10,13)(H,14,15,16). The van der Waals surface area contributed by atoms with Crippen molar-refractivity contribution in [3.8, 4) is 0 Å². The minimum Gasteiger partial charge on any atom is -0.287 e. The number of rotatable bonds is 2. The van der Waals surface area contributed by atoms with Crippen LogP contribution in [0, 0.1) is 0 Å². The Morgan fingerprint density at radius 2 is 1.76 bits per heavy atom. The zero-order valence-electron chi connectivity index (χ0n) is 8.45. The highest BCUT2D eigenvalue weighted by atomic mass is 32.2. The predicted molar refractivity (Wildman–Crippen MR) is 56.8 cm³/mol. The molecule has 1 aliphatic heterocycles. The van der Waals surface area contributed by atoms with Gasteiger partial charge in [0, 0.05) is 0 Å². The number of carbonyl (C=O) groups is 2. The lowest BCUT2D eigenvalue weighted by atomic mass is 10.3. The molecular weight excluding hydrogens is 248 g/mol. The summed E-state index contributed by atoms with van der Waals surface area (Å²) in [6.07, 6.45) is 0. The molecule has 1 fully saturated rings. The largest absolute Gasteiger partial charge is 0.307 e. The summed E-state index contributed by atoms with van der Waals surface area (Å²) in [5.41, 5.74) is 2.77. The Hall–Kier alpha value is -1.93. The van der Waals surface area contributed by atoms with Gasteiger partial charge in [0.25, 0.3) is 10.1 Å². The van der Waals surface area contributed by atoms with Crippen molar-refractivity contribution in [2.45, 2.75) is 4.90 Å². The molecule has 1 saturated heterocycles. The monoisotopic (exact) mass is 256 g/mol. The quantitative estimate of drug-likeness (QED) is 0.538. The highest BCUT2D eigenvalue weighted by Gasteiger charge is 2.28. The molecule has 0 saturated carbocycles. The van der Waals surface area contributed by atoms with E-state index in [-0.39, 0.29) is 11.4 Å². The van der Waals surface area contributed by atoms with E-state index < -0.39 is 21.8 Å². The van der Waals surface area contributed by atoms with E-state index in [4.69, 9.17) is 4.55 Å². The van der Waals surface area contributed by atoms with Crippen molar-refractivity contribution in [2.75, 3.05) is 11.6 Å². The number of benzene rings is 1. The van der Waals surface area contributed by atoms with Gasteiger partial charge in [-0.25, -0.2) is 0 Å². The molecule has 1 aromatic rings. The number of carbonyl (C=O) groups excluding carboxylic acids is 2. The number of hydrogen-bond acceptors (Lipinski definition) is 5. The van der Waals surface area contributed by atoms with Gasteiger partial charge in [-0.3, -0.25) is 24.6 Å². The van der Waals surface area contributed by atoms with Gasteiger partial charge in [-0.15, -0.1) is 0 Å². The van der Waals surface area contributed by atoms with E-state index in [1.807, 2.05) is 0 Å². The van der Waals surface area contributed by atoms with E-state index in [9.17, 15) is 18.0 Å². The predicted octanol–water partition coefficient (Wildman–Crippen LogP) is -0.646. The molecule has 2 rings (SSSR count). The highest BCUT2D eigenvalue weighted by molar-refractivity contribution is 7.85. The van der Waals surface area contributed by atoms with E-state index in [1.54, 1.807) is 0 Å². The summed E-state index contributed by atoms with van der Waals surface area (Å²) in [4.78, 5) is 21.7. The molecule has 0 atom stereocenters. The molecule has 7 nitrogen and oxygen atoms in total. The Labute approximate surface area is 96.8 Å². The van der Waals surface area contributed by atoms with Crippen LogP contribution in [0.15, 0.2) is 29.2 Å². The molecule has 0 aliphatic carbocycles. The van der Waals surface area contributed by atoms with Crippen LogP contribution in [0.5, 0.6) is 0 Å². The van der Waals surface area contributed by atoms with E-state index in [1.165, 1.54) is 29.3 Å². The fraction of sp³-hybridized carbons (Fsp3) is 0.111. The lowest BCUT2D eigenvalue weighted by Crippen LogP contribution is -2.32. The Morgan fingerprint density at radius 1 is 1.18 bits per heavy atom. The summed E-state index contributed by atoms with van der Waals surface area (Å²) >= 11 is 0. The average Bonchev–Trinajstić information content (AvgIpc) is 2.58. The normalized spacial score (nSPS) is 16.2. The average molecular weight is 256 g/mol. The number of Topliss-reactive ketones (excluding diaryl/α,β-unsaturated/α-hetero) is 1. The van der Waals surface area contributed by atoms with Crippen LogP contribution in [0.2, 0.25) is 0 Å². The van der Waals surface area contributed by atoms with Crippen LogP contribution in [-0.2, 0) is 19.7 Å². The van der Waals surface area contributed by atoms with E-state index >= 15 is 0 Å². The molecule has 0 spiro atoms. The number of ketones is 1. The number of amides is 1. The first-order valence-electron chi connectivity index (χ1n) is 4.57. The molecule has 0 aromatic heterocycles. The van der Waals surface area contributed by atoms with Crippen molar-refractivity contribution in [1.29, 1.82) is 0 Å². The third kappa shape index (κ3) is 2.27. The summed E-state index contributed by atoms with van der Waals surface area (Å²) in [7, 11) is -4.24. The first kappa shape index (κ1) is 11.6. The van der Waals surface area contributed by atoms with Crippen molar-refractivity contribution < 1.29 is 22.6 Å². The second-order valence-corrected chi connectivity index (χ2v) is 4.84. The van der Waals surface area contributed by atoms with E-state index in [2.05, 4.69) is 5.43 Å². The first-order chi connectivity index (χ1) is 7.88. The lowest BCUT2D eigenvalue weighted by molar-refractivity contribution is -0.134. The third-order valence-electron chi connectivity index (χ3n) is 2.24. The summed E-state index contributed by atoms with van der Waals surface area (Å²) in [5, 5.41) is 1.29. The van der Waals surface area contributed by atoms with Gasteiger partial charge < -0.3 is 0 Å². The smallest absolute Gasteiger partial charge is 0.287 e. The second-order valence-electron chi connectivity index (χ2n) is 3.42. The van der Waals surface area contributed by atoms with Crippen LogP contribution >= 0.6 is 0 Å². The van der Waals surface area contributed by atoms with Crippen LogP contribution in [0.25, 0.3) is 0 Å². The van der Waals surface area contributed by atoms with Crippen molar-refractivity contribution >= 4 is 27.5 Å². The molecule has 1 aromatic carbocycles. The van der Waals surface area contributed by atoms with Crippen LogP contribution in [0.4, 0.5) is 5.69 Å². The first-order valence-corrected chi connectivity index (χ1v) is 6.01. The van der Waals surface area contributed by atoms with Gasteiger partial charge in [0.2, 0.25) is 5.78 Å². The lowest BCUT2D eigenvalue weighted by Gasteiger charge is -2.15. The highest BCUT2D eigenvalue weighted by Crippen LogP contribution is 2.17. The summed E-state index contributed by atoms with van der Waals surface area (Å²) < 4.78 is 30.3. The van der Waals surface area contributed by atoms with Crippen LogP contribution in [0.3, 0.4) is 0 Å².